The minimum absolute atomic E-state index is 0.0437. The average Bonchev–Trinajstić information content (AvgIpc) is 2.54. The number of carbonyl (C=O) groups excluding carboxylic acids is 2. The number of hydrogen-bond donors (Lipinski definition) is 1. The number of aryl methyl sites for hydroxylation is 1. The van der Waals surface area contributed by atoms with Crippen molar-refractivity contribution in [3.05, 3.63) is 60.2 Å². The van der Waals surface area contributed by atoms with Crippen LogP contribution >= 0.6 is 11.8 Å². The number of benzene rings is 2. The van der Waals surface area contributed by atoms with E-state index in [-0.39, 0.29) is 18.4 Å². The number of likely N-dealkylation sites (N-methyl/N-ethyl adjacent to an activating group) is 1. The largest absolute Gasteiger partial charge is 0.336 e. The molecule has 0 heterocycles. The Morgan fingerprint density at radius 3 is 2.39 bits per heavy atom. The third-order valence-corrected chi connectivity index (χ3v) is 4.47. The summed E-state index contributed by atoms with van der Waals surface area (Å²) < 4.78 is 0. The summed E-state index contributed by atoms with van der Waals surface area (Å²) >= 11 is 1.49. The predicted molar refractivity (Wildman–Crippen MR) is 94.6 cm³/mol. The van der Waals surface area contributed by atoms with Gasteiger partial charge >= 0.3 is 0 Å². The van der Waals surface area contributed by atoms with Gasteiger partial charge in [0.25, 0.3) is 0 Å². The molecule has 0 aliphatic carbocycles. The molecule has 0 unspecified atom stereocenters. The van der Waals surface area contributed by atoms with Crippen LogP contribution in [0.2, 0.25) is 0 Å². The highest BCUT2D eigenvalue weighted by atomic mass is 32.2. The van der Waals surface area contributed by atoms with Crippen molar-refractivity contribution < 1.29 is 9.59 Å². The highest BCUT2D eigenvalue weighted by molar-refractivity contribution is 8.00. The van der Waals surface area contributed by atoms with Gasteiger partial charge in [0, 0.05) is 17.6 Å². The molecule has 0 atom stereocenters. The van der Waals surface area contributed by atoms with E-state index in [1.54, 1.807) is 7.05 Å². The maximum atomic E-state index is 12.1. The molecule has 0 aliphatic heterocycles. The van der Waals surface area contributed by atoms with Gasteiger partial charge in [0.2, 0.25) is 11.8 Å². The Hall–Kier alpha value is -2.27. The minimum Gasteiger partial charge on any atom is -0.336 e. The summed E-state index contributed by atoms with van der Waals surface area (Å²) in [6.45, 7) is 2.06. The lowest BCUT2D eigenvalue weighted by Gasteiger charge is -2.17. The maximum absolute atomic E-state index is 12.1. The molecular weight excluding hydrogens is 308 g/mol. The molecule has 4 nitrogen and oxygen atoms in total. The highest BCUT2D eigenvalue weighted by Crippen LogP contribution is 2.21. The van der Waals surface area contributed by atoms with E-state index in [1.807, 2.05) is 61.5 Å². The van der Waals surface area contributed by atoms with E-state index in [4.69, 9.17) is 0 Å². The van der Waals surface area contributed by atoms with Gasteiger partial charge in [-0.2, -0.15) is 0 Å². The van der Waals surface area contributed by atoms with Crippen molar-refractivity contribution >= 4 is 29.3 Å². The van der Waals surface area contributed by atoms with Gasteiger partial charge < -0.3 is 10.2 Å². The third kappa shape index (κ3) is 5.45. The summed E-state index contributed by atoms with van der Waals surface area (Å²) in [5, 5.41) is 2.77. The first-order valence-corrected chi connectivity index (χ1v) is 8.32. The summed E-state index contributed by atoms with van der Waals surface area (Å²) in [6.07, 6.45) is 0. The van der Waals surface area contributed by atoms with Gasteiger partial charge in [-0.15, -0.1) is 11.8 Å². The molecule has 0 aromatic heterocycles. The van der Waals surface area contributed by atoms with Crippen LogP contribution in [-0.2, 0) is 9.59 Å². The second-order valence-electron chi connectivity index (χ2n) is 5.22. The quantitative estimate of drug-likeness (QED) is 0.829. The van der Waals surface area contributed by atoms with Crippen LogP contribution in [0.5, 0.6) is 0 Å². The number of anilines is 1. The molecule has 2 amide bonds. The first-order valence-electron chi connectivity index (χ1n) is 7.33. The Labute approximate surface area is 140 Å². The van der Waals surface area contributed by atoms with Crippen molar-refractivity contribution in [1.82, 2.24) is 4.90 Å². The summed E-state index contributed by atoms with van der Waals surface area (Å²) in [5.41, 5.74) is 1.88. The lowest BCUT2D eigenvalue weighted by molar-refractivity contribution is -0.131. The molecule has 5 heteroatoms. The number of para-hydroxylation sites is 1. The number of thioether (sulfide) groups is 1. The number of hydrogen-bond acceptors (Lipinski definition) is 3. The Balaban J connectivity index is 1.80. The Bertz CT molecular complexity index is 674. The van der Waals surface area contributed by atoms with Crippen LogP contribution in [0, 0.1) is 6.92 Å². The van der Waals surface area contributed by atoms with Crippen LogP contribution in [0.15, 0.2) is 59.5 Å². The molecule has 0 radical (unpaired) electrons. The van der Waals surface area contributed by atoms with Crippen LogP contribution in [0.1, 0.15) is 5.56 Å². The number of carbonyl (C=O) groups is 2. The van der Waals surface area contributed by atoms with Gasteiger partial charge in [-0.05, 0) is 30.7 Å². The molecule has 0 saturated heterocycles. The van der Waals surface area contributed by atoms with E-state index in [0.29, 0.717) is 5.75 Å². The van der Waals surface area contributed by atoms with Crippen LogP contribution in [0.25, 0.3) is 0 Å². The highest BCUT2D eigenvalue weighted by Gasteiger charge is 2.13. The summed E-state index contributed by atoms with van der Waals surface area (Å²) in [5.74, 6) is 0.0503. The normalized spacial score (nSPS) is 10.2. The minimum atomic E-state index is -0.201. The predicted octanol–water partition coefficient (Wildman–Crippen LogP) is 3.18. The van der Waals surface area contributed by atoms with Gasteiger partial charge in [-0.1, -0.05) is 36.4 Å². The molecule has 2 aromatic rings. The monoisotopic (exact) mass is 328 g/mol. The molecule has 0 fully saturated rings. The van der Waals surface area contributed by atoms with Gasteiger partial charge in [-0.25, -0.2) is 0 Å². The lowest BCUT2D eigenvalue weighted by Crippen LogP contribution is -2.35. The zero-order valence-corrected chi connectivity index (χ0v) is 14.1. The van der Waals surface area contributed by atoms with Crippen LogP contribution in [-0.4, -0.2) is 36.1 Å². The fourth-order valence-electron chi connectivity index (χ4n) is 1.99. The Kier molecular flexibility index (Phi) is 6.23. The topological polar surface area (TPSA) is 49.4 Å². The van der Waals surface area contributed by atoms with E-state index >= 15 is 0 Å². The molecule has 2 aromatic carbocycles. The van der Waals surface area contributed by atoms with E-state index < -0.39 is 0 Å². The number of nitrogens with one attached hydrogen (secondary N) is 1. The maximum Gasteiger partial charge on any atom is 0.243 e. The van der Waals surface area contributed by atoms with E-state index in [0.717, 1.165) is 16.1 Å². The second-order valence-corrected chi connectivity index (χ2v) is 6.24. The SMILES string of the molecule is Cc1ccccc1SCC(=O)N(C)CC(=O)Nc1ccccc1. The number of amides is 2. The van der Waals surface area contributed by atoms with E-state index in [9.17, 15) is 9.59 Å². The first kappa shape index (κ1) is 17.1. The molecule has 0 saturated carbocycles. The van der Waals surface area contributed by atoms with Crippen LogP contribution in [0.3, 0.4) is 0 Å². The summed E-state index contributed by atoms with van der Waals surface area (Å²) in [6, 6.07) is 17.2. The fraction of sp³-hybridized carbons (Fsp3) is 0.222. The van der Waals surface area contributed by atoms with Gasteiger partial charge in [-0.3, -0.25) is 9.59 Å². The number of nitrogens with zero attached hydrogens (tertiary/aromatic N) is 1. The standard InChI is InChI=1S/C18H20N2O2S/c1-14-8-6-7-11-16(14)23-13-18(22)20(2)12-17(21)19-15-9-4-3-5-10-15/h3-11H,12-13H2,1-2H3,(H,19,21). The van der Waals surface area contributed by atoms with Gasteiger partial charge in [0.15, 0.2) is 0 Å². The lowest BCUT2D eigenvalue weighted by atomic mass is 10.2. The molecule has 0 bridgehead atoms. The van der Waals surface area contributed by atoms with Gasteiger partial charge in [0.1, 0.15) is 0 Å². The van der Waals surface area contributed by atoms with Crippen molar-refractivity contribution in [1.29, 1.82) is 0 Å². The summed E-state index contributed by atoms with van der Waals surface area (Å²) in [7, 11) is 1.64. The van der Waals surface area contributed by atoms with Gasteiger partial charge in [0.05, 0.1) is 12.3 Å². The molecule has 0 aliphatic rings. The molecule has 120 valence electrons. The van der Waals surface area contributed by atoms with Crippen molar-refractivity contribution in [3.8, 4) is 0 Å². The van der Waals surface area contributed by atoms with E-state index in [2.05, 4.69) is 5.32 Å². The van der Waals surface area contributed by atoms with Crippen molar-refractivity contribution in [2.24, 2.45) is 0 Å². The zero-order valence-electron chi connectivity index (χ0n) is 13.3. The van der Waals surface area contributed by atoms with Crippen LogP contribution in [0.4, 0.5) is 5.69 Å². The van der Waals surface area contributed by atoms with E-state index in [1.165, 1.54) is 16.7 Å². The molecule has 2 rings (SSSR count). The molecule has 1 N–H and O–H groups in total. The third-order valence-electron chi connectivity index (χ3n) is 3.31. The van der Waals surface area contributed by atoms with Crippen LogP contribution < -0.4 is 5.32 Å². The molecule has 23 heavy (non-hydrogen) atoms. The number of rotatable bonds is 6. The first-order chi connectivity index (χ1) is 11.1. The second kappa shape index (κ2) is 8.39. The van der Waals surface area contributed by atoms with Crippen molar-refractivity contribution in [2.75, 3.05) is 24.7 Å². The Morgan fingerprint density at radius 2 is 1.70 bits per heavy atom. The van der Waals surface area contributed by atoms with Crippen molar-refractivity contribution in [3.63, 3.8) is 0 Å². The molecule has 0 spiro atoms. The summed E-state index contributed by atoms with van der Waals surface area (Å²) in [4.78, 5) is 26.6. The average molecular weight is 328 g/mol. The van der Waals surface area contributed by atoms with Crippen molar-refractivity contribution in [2.45, 2.75) is 11.8 Å². The Morgan fingerprint density at radius 1 is 1.04 bits per heavy atom. The smallest absolute Gasteiger partial charge is 0.243 e. The molecular formula is C18H20N2O2S. The fourth-order valence-corrected chi connectivity index (χ4v) is 2.96. The zero-order chi connectivity index (χ0) is 16.7.